The van der Waals surface area contributed by atoms with Crippen LogP contribution in [0, 0.1) is 5.92 Å². The first-order valence-electron chi connectivity index (χ1n) is 9.86. The third-order valence-electron chi connectivity index (χ3n) is 5.50. The van der Waals surface area contributed by atoms with E-state index in [-0.39, 0.29) is 5.91 Å². The summed E-state index contributed by atoms with van der Waals surface area (Å²) in [6.45, 7) is 3.98. The molecule has 144 valence electrons. The summed E-state index contributed by atoms with van der Waals surface area (Å²) < 4.78 is 5.84. The predicted molar refractivity (Wildman–Crippen MR) is 113 cm³/mol. The molecule has 7 heteroatoms. The fraction of sp³-hybridized carbons (Fsp3) is 0.381. The molecule has 6 nitrogen and oxygen atoms in total. The number of pyridine rings is 1. The normalized spacial score (nSPS) is 17.1. The van der Waals surface area contributed by atoms with Gasteiger partial charge in [-0.3, -0.25) is 4.79 Å². The highest BCUT2D eigenvalue weighted by atomic mass is 32.1. The molecule has 0 atom stereocenters. The molecule has 5 rings (SSSR count). The summed E-state index contributed by atoms with van der Waals surface area (Å²) in [4.78, 5) is 21.4. The Labute approximate surface area is 168 Å². The molecule has 2 aromatic heterocycles. The molecule has 1 amide bonds. The molecule has 0 unspecified atom stereocenters. The molecule has 2 fully saturated rings. The van der Waals surface area contributed by atoms with Crippen molar-refractivity contribution in [2.24, 2.45) is 5.92 Å². The number of anilines is 2. The molecule has 0 radical (unpaired) electrons. The molecule has 2 aliphatic rings. The number of fused-ring (bicyclic) bond motifs is 1. The van der Waals surface area contributed by atoms with Crippen molar-refractivity contribution in [1.82, 2.24) is 14.3 Å². The monoisotopic (exact) mass is 393 g/mol. The van der Waals surface area contributed by atoms with Crippen molar-refractivity contribution >= 4 is 39.2 Å². The minimum atomic E-state index is 0.0593. The van der Waals surface area contributed by atoms with Gasteiger partial charge in [-0.1, -0.05) is 12.1 Å². The molecule has 1 aromatic carbocycles. The molecule has 1 saturated heterocycles. The van der Waals surface area contributed by atoms with Crippen molar-refractivity contribution in [3.63, 3.8) is 0 Å². The van der Waals surface area contributed by atoms with Crippen LogP contribution < -0.4 is 10.2 Å². The van der Waals surface area contributed by atoms with E-state index in [9.17, 15) is 4.79 Å². The Kier molecular flexibility index (Phi) is 4.60. The fourth-order valence-electron chi connectivity index (χ4n) is 3.60. The number of carbonyl (C=O) groups is 1. The molecule has 3 heterocycles. The van der Waals surface area contributed by atoms with E-state index in [2.05, 4.69) is 37.8 Å². The fourth-order valence-corrected chi connectivity index (χ4v) is 4.40. The van der Waals surface area contributed by atoms with Gasteiger partial charge in [0.05, 0.1) is 10.3 Å². The minimum absolute atomic E-state index is 0.0593. The average molecular weight is 394 g/mol. The average Bonchev–Trinajstić information content (AvgIpc) is 3.49. The van der Waals surface area contributed by atoms with Gasteiger partial charge >= 0.3 is 0 Å². The molecule has 3 aromatic rings. The van der Waals surface area contributed by atoms with Crippen molar-refractivity contribution in [3.05, 3.63) is 48.2 Å². The summed E-state index contributed by atoms with van der Waals surface area (Å²) in [6, 6.07) is 12.1. The molecular formula is C21H23N5OS. The van der Waals surface area contributed by atoms with E-state index in [1.807, 2.05) is 23.1 Å². The van der Waals surface area contributed by atoms with E-state index in [4.69, 9.17) is 0 Å². The lowest BCUT2D eigenvalue weighted by atomic mass is 10.2. The Balaban J connectivity index is 1.20. The summed E-state index contributed by atoms with van der Waals surface area (Å²) >= 11 is 1.54. The SMILES string of the molecule is O=C(c1ccc(NCC2CC2)nc1)N1CCN(c2nsc3ccccc23)CC1. The highest BCUT2D eigenvalue weighted by Gasteiger charge is 2.25. The number of carbonyl (C=O) groups excluding carboxylic acids is 1. The Morgan fingerprint density at radius 1 is 1.11 bits per heavy atom. The second kappa shape index (κ2) is 7.39. The molecule has 1 aliphatic carbocycles. The number of hydrogen-bond donors (Lipinski definition) is 1. The van der Waals surface area contributed by atoms with Crippen molar-refractivity contribution in [2.75, 3.05) is 42.9 Å². The number of hydrogen-bond acceptors (Lipinski definition) is 6. The zero-order valence-electron chi connectivity index (χ0n) is 15.7. The van der Waals surface area contributed by atoms with Gasteiger partial charge < -0.3 is 15.1 Å². The first-order chi connectivity index (χ1) is 13.8. The summed E-state index contributed by atoms with van der Waals surface area (Å²) in [5.41, 5.74) is 0.657. The van der Waals surface area contributed by atoms with Crippen molar-refractivity contribution in [2.45, 2.75) is 12.8 Å². The molecular weight excluding hydrogens is 370 g/mol. The van der Waals surface area contributed by atoms with Crippen molar-refractivity contribution < 1.29 is 4.79 Å². The number of amides is 1. The van der Waals surface area contributed by atoms with Gasteiger partial charge in [-0.05, 0) is 54.6 Å². The largest absolute Gasteiger partial charge is 0.370 e. The topological polar surface area (TPSA) is 61.4 Å². The van der Waals surface area contributed by atoms with Gasteiger partial charge in [0.15, 0.2) is 0 Å². The summed E-state index contributed by atoms with van der Waals surface area (Å²) in [7, 11) is 0. The van der Waals surface area contributed by atoms with Gasteiger partial charge in [-0.15, -0.1) is 0 Å². The van der Waals surface area contributed by atoms with Crippen LogP contribution in [0.25, 0.3) is 10.1 Å². The van der Waals surface area contributed by atoms with Crippen LogP contribution >= 0.6 is 11.5 Å². The lowest BCUT2D eigenvalue weighted by Gasteiger charge is -2.35. The maximum absolute atomic E-state index is 12.8. The Bertz CT molecular complexity index is 974. The number of nitrogens with one attached hydrogen (secondary N) is 1. The number of nitrogens with zero attached hydrogens (tertiary/aromatic N) is 4. The van der Waals surface area contributed by atoms with Gasteiger partial charge in [0.25, 0.3) is 5.91 Å². The number of benzene rings is 1. The summed E-state index contributed by atoms with van der Waals surface area (Å²) in [5, 5.41) is 4.54. The molecule has 1 N–H and O–H groups in total. The number of aromatic nitrogens is 2. The van der Waals surface area contributed by atoms with E-state index in [0.29, 0.717) is 18.7 Å². The molecule has 0 bridgehead atoms. The predicted octanol–water partition coefficient (Wildman–Crippen LogP) is 3.48. The third kappa shape index (κ3) is 3.54. The van der Waals surface area contributed by atoms with E-state index in [1.165, 1.54) is 34.5 Å². The molecule has 1 saturated carbocycles. The van der Waals surface area contributed by atoms with Crippen molar-refractivity contribution in [1.29, 1.82) is 0 Å². The van der Waals surface area contributed by atoms with Crippen LogP contribution in [0.1, 0.15) is 23.2 Å². The second-order valence-corrected chi connectivity index (χ2v) is 8.34. The maximum Gasteiger partial charge on any atom is 0.255 e. The quantitative estimate of drug-likeness (QED) is 0.719. The lowest BCUT2D eigenvalue weighted by Crippen LogP contribution is -2.49. The van der Waals surface area contributed by atoms with E-state index < -0.39 is 0 Å². The Hall–Kier alpha value is -2.67. The van der Waals surface area contributed by atoms with E-state index in [0.717, 1.165) is 37.2 Å². The third-order valence-corrected chi connectivity index (χ3v) is 6.32. The van der Waals surface area contributed by atoms with E-state index >= 15 is 0 Å². The van der Waals surface area contributed by atoms with Gasteiger partial charge in [0, 0.05) is 44.3 Å². The zero-order chi connectivity index (χ0) is 18.9. The van der Waals surface area contributed by atoms with Crippen LogP contribution in [-0.4, -0.2) is 52.9 Å². The second-order valence-electron chi connectivity index (χ2n) is 7.54. The highest BCUT2D eigenvalue weighted by molar-refractivity contribution is 7.13. The van der Waals surface area contributed by atoms with Crippen LogP contribution in [-0.2, 0) is 0 Å². The number of piperazine rings is 1. The first-order valence-corrected chi connectivity index (χ1v) is 10.6. The van der Waals surface area contributed by atoms with Gasteiger partial charge in [0.1, 0.15) is 11.6 Å². The maximum atomic E-state index is 12.8. The zero-order valence-corrected chi connectivity index (χ0v) is 16.5. The van der Waals surface area contributed by atoms with E-state index in [1.54, 1.807) is 6.20 Å². The molecule has 28 heavy (non-hydrogen) atoms. The first kappa shape index (κ1) is 17.4. The Morgan fingerprint density at radius 3 is 2.68 bits per heavy atom. The standard InChI is InChI=1S/C21H23N5OS/c27-21(16-7-8-19(23-14-16)22-13-15-5-6-15)26-11-9-25(10-12-26)20-17-3-1-2-4-18(17)28-24-20/h1-4,7-8,14-15H,5-6,9-13H2,(H,22,23). The van der Waals surface area contributed by atoms with Crippen LogP contribution in [0.15, 0.2) is 42.6 Å². The summed E-state index contributed by atoms with van der Waals surface area (Å²) in [5.74, 6) is 2.75. The minimum Gasteiger partial charge on any atom is -0.370 e. The van der Waals surface area contributed by atoms with Crippen LogP contribution in [0.2, 0.25) is 0 Å². The van der Waals surface area contributed by atoms with Crippen LogP contribution in [0.5, 0.6) is 0 Å². The lowest BCUT2D eigenvalue weighted by molar-refractivity contribution is 0.0746. The van der Waals surface area contributed by atoms with Gasteiger partial charge in [0.2, 0.25) is 0 Å². The molecule has 0 spiro atoms. The number of rotatable bonds is 5. The smallest absolute Gasteiger partial charge is 0.255 e. The van der Waals surface area contributed by atoms with Gasteiger partial charge in [-0.25, -0.2) is 4.98 Å². The van der Waals surface area contributed by atoms with Crippen molar-refractivity contribution in [3.8, 4) is 0 Å². The Morgan fingerprint density at radius 2 is 1.93 bits per heavy atom. The summed E-state index contributed by atoms with van der Waals surface area (Å²) in [6.07, 6.45) is 4.32. The van der Waals surface area contributed by atoms with Crippen LogP contribution in [0.3, 0.4) is 0 Å². The van der Waals surface area contributed by atoms with Gasteiger partial charge in [-0.2, -0.15) is 4.37 Å². The molecule has 1 aliphatic heterocycles. The van der Waals surface area contributed by atoms with Crippen LogP contribution in [0.4, 0.5) is 11.6 Å². The highest BCUT2D eigenvalue weighted by Crippen LogP contribution is 2.30.